The molecule has 1 atom stereocenters. The highest BCUT2D eigenvalue weighted by Crippen LogP contribution is 2.48. The molecule has 4 heterocycles. The lowest BCUT2D eigenvalue weighted by Crippen LogP contribution is -2.59. The lowest BCUT2D eigenvalue weighted by Gasteiger charge is -2.52. The molecule has 1 aliphatic carbocycles. The fourth-order valence-electron chi connectivity index (χ4n) is 5.34. The van der Waals surface area contributed by atoms with E-state index < -0.39 is 0 Å². The number of piperidine rings is 1. The van der Waals surface area contributed by atoms with Crippen LogP contribution in [-0.2, 0) is 13.0 Å². The van der Waals surface area contributed by atoms with Crippen molar-refractivity contribution >= 4 is 23.4 Å². The van der Waals surface area contributed by atoms with Gasteiger partial charge in [0.1, 0.15) is 5.82 Å². The Morgan fingerprint density at radius 1 is 1.23 bits per heavy atom. The molecule has 1 unspecified atom stereocenters. The van der Waals surface area contributed by atoms with E-state index in [4.69, 9.17) is 11.6 Å². The molecule has 0 radical (unpaired) electrons. The number of carbonyl (C=O) groups is 1. The summed E-state index contributed by atoms with van der Waals surface area (Å²) in [6.45, 7) is 7.46. The van der Waals surface area contributed by atoms with Gasteiger partial charge in [-0.15, -0.1) is 0 Å². The number of hydrogen-bond donors (Lipinski definition) is 3. The van der Waals surface area contributed by atoms with Crippen molar-refractivity contribution in [3.05, 3.63) is 29.2 Å². The number of pyridine rings is 1. The number of hydrogen-bond acceptors (Lipinski definition) is 4. The van der Waals surface area contributed by atoms with E-state index in [9.17, 15) is 4.79 Å². The smallest absolute Gasteiger partial charge is 0.320 e. The molecule has 1 spiro atoms. The Bertz CT molecular complexity index is 978. The van der Waals surface area contributed by atoms with Crippen molar-refractivity contribution in [1.82, 2.24) is 25.4 Å². The van der Waals surface area contributed by atoms with Gasteiger partial charge in [-0.25, -0.2) is 9.78 Å². The quantitative estimate of drug-likeness (QED) is 0.693. The molecule has 8 heteroatoms. The van der Waals surface area contributed by atoms with E-state index in [1.807, 2.05) is 12.3 Å². The van der Waals surface area contributed by atoms with Crippen LogP contribution < -0.4 is 16.0 Å². The molecule has 2 fully saturated rings. The third kappa shape index (κ3) is 3.48. The largest absolute Gasteiger partial charge is 0.335 e. The van der Waals surface area contributed by atoms with Crippen molar-refractivity contribution in [2.24, 2.45) is 10.8 Å². The van der Waals surface area contributed by atoms with Gasteiger partial charge in [0.05, 0.1) is 11.2 Å². The molecule has 2 aromatic heterocycles. The summed E-state index contributed by atoms with van der Waals surface area (Å²) in [6.07, 6.45) is 8.92. The number of carbonyl (C=O) groups excluding carboxylic acids is 1. The zero-order valence-corrected chi connectivity index (χ0v) is 18.4. The van der Waals surface area contributed by atoms with Crippen LogP contribution in [0.15, 0.2) is 18.5 Å². The van der Waals surface area contributed by atoms with Gasteiger partial charge in [-0.05, 0) is 62.1 Å². The molecule has 1 saturated heterocycles. The van der Waals surface area contributed by atoms with Crippen LogP contribution in [0.3, 0.4) is 0 Å². The highest BCUT2D eigenvalue weighted by Gasteiger charge is 2.47. The van der Waals surface area contributed by atoms with Crippen molar-refractivity contribution < 1.29 is 4.79 Å². The molecule has 2 amide bonds. The minimum Gasteiger partial charge on any atom is -0.335 e. The van der Waals surface area contributed by atoms with Crippen molar-refractivity contribution in [2.45, 2.75) is 58.5 Å². The number of nitrogens with zero attached hydrogens (tertiary/aromatic N) is 3. The van der Waals surface area contributed by atoms with Gasteiger partial charge in [-0.1, -0.05) is 25.4 Å². The van der Waals surface area contributed by atoms with Gasteiger partial charge in [-0.2, -0.15) is 5.10 Å². The maximum atomic E-state index is 12.7. The average Bonchev–Trinajstić information content (AvgIpc) is 3.22. The number of anilines is 1. The Balaban J connectivity index is 1.31. The standard InChI is InChI=1S/C22H29ClN6O/c1-21(2)10-17-15(11-26-29(17)13-21)14-9-19(25-12-16(14)23)28-20(30)27-18-3-4-22(18)5-7-24-8-6-22/h9,11-12,18,24H,3-8,10,13H2,1-2H3,(H2,25,27,28,30). The van der Waals surface area contributed by atoms with Crippen LogP contribution in [0.1, 0.15) is 45.2 Å². The Kier molecular flexibility index (Phi) is 4.78. The molecule has 7 nitrogen and oxygen atoms in total. The van der Waals surface area contributed by atoms with E-state index >= 15 is 0 Å². The Morgan fingerprint density at radius 2 is 2.03 bits per heavy atom. The molecule has 2 aliphatic heterocycles. The van der Waals surface area contributed by atoms with E-state index in [0.29, 0.717) is 10.8 Å². The molecule has 2 aromatic rings. The topological polar surface area (TPSA) is 83.9 Å². The fourth-order valence-corrected chi connectivity index (χ4v) is 5.55. The molecule has 30 heavy (non-hydrogen) atoms. The maximum absolute atomic E-state index is 12.7. The van der Waals surface area contributed by atoms with Crippen LogP contribution in [-0.4, -0.2) is 39.9 Å². The molecule has 3 aliphatic rings. The minimum atomic E-state index is -0.195. The molecule has 5 rings (SSSR count). The first-order chi connectivity index (χ1) is 14.4. The monoisotopic (exact) mass is 428 g/mol. The number of fused-ring (bicyclic) bond motifs is 1. The van der Waals surface area contributed by atoms with Crippen molar-refractivity contribution in [2.75, 3.05) is 18.4 Å². The summed E-state index contributed by atoms with van der Waals surface area (Å²) in [4.78, 5) is 17.0. The molecule has 1 saturated carbocycles. The molecule has 160 valence electrons. The number of urea groups is 1. The first-order valence-electron chi connectivity index (χ1n) is 10.8. The third-order valence-corrected chi connectivity index (χ3v) is 7.44. The molecular formula is C22H29ClN6O. The van der Waals surface area contributed by atoms with Gasteiger partial charge >= 0.3 is 6.03 Å². The van der Waals surface area contributed by atoms with E-state index in [1.54, 1.807) is 6.20 Å². The van der Waals surface area contributed by atoms with E-state index in [2.05, 4.69) is 44.6 Å². The number of amides is 2. The van der Waals surface area contributed by atoms with Gasteiger partial charge in [0.25, 0.3) is 0 Å². The van der Waals surface area contributed by atoms with E-state index in [1.165, 1.54) is 12.1 Å². The van der Waals surface area contributed by atoms with Gasteiger partial charge < -0.3 is 10.6 Å². The zero-order valence-electron chi connectivity index (χ0n) is 17.6. The lowest BCUT2D eigenvalue weighted by molar-refractivity contribution is 0.0376. The van der Waals surface area contributed by atoms with Crippen LogP contribution in [0.25, 0.3) is 11.1 Å². The van der Waals surface area contributed by atoms with Crippen LogP contribution in [0.4, 0.5) is 10.6 Å². The highest BCUT2D eigenvalue weighted by molar-refractivity contribution is 6.33. The van der Waals surface area contributed by atoms with Gasteiger partial charge in [0, 0.05) is 35.6 Å². The number of halogens is 1. The summed E-state index contributed by atoms with van der Waals surface area (Å²) in [5, 5.41) is 14.6. The zero-order chi connectivity index (χ0) is 20.9. The molecule has 0 bridgehead atoms. The van der Waals surface area contributed by atoms with Crippen LogP contribution in [0.2, 0.25) is 5.02 Å². The SMILES string of the molecule is CC1(C)Cc2c(-c3cc(NC(=O)NC4CCC45CCNCC5)ncc3Cl)cnn2C1. The first kappa shape index (κ1) is 19.8. The molecular weight excluding hydrogens is 400 g/mol. The van der Waals surface area contributed by atoms with Gasteiger partial charge in [0.15, 0.2) is 0 Å². The number of nitrogens with one attached hydrogen (secondary N) is 3. The predicted molar refractivity (Wildman–Crippen MR) is 118 cm³/mol. The van der Waals surface area contributed by atoms with Crippen LogP contribution in [0, 0.1) is 10.8 Å². The second-order valence-electron chi connectivity index (χ2n) is 9.86. The summed E-state index contributed by atoms with van der Waals surface area (Å²) in [5.41, 5.74) is 3.52. The van der Waals surface area contributed by atoms with Gasteiger partial charge in [-0.3, -0.25) is 10.00 Å². The number of aromatic nitrogens is 3. The number of rotatable bonds is 3. The van der Waals surface area contributed by atoms with Crippen LogP contribution >= 0.6 is 11.6 Å². The molecule has 3 N–H and O–H groups in total. The van der Waals surface area contributed by atoms with Crippen molar-refractivity contribution in [3.63, 3.8) is 0 Å². The van der Waals surface area contributed by atoms with E-state index in [0.717, 1.165) is 56.4 Å². The fraction of sp³-hybridized carbons (Fsp3) is 0.591. The normalized spacial score (nSPS) is 23.6. The third-order valence-electron chi connectivity index (χ3n) is 7.13. The summed E-state index contributed by atoms with van der Waals surface area (Å²) in [5.74, 6) is 0.503. The van der Waals surface area contributed by atoms with E-state index in [-0.39, 0.29) is 22.9 Å². The first-order valence-corrected chi connectivity index (χ1v) is 11.2. The maximum Gasteiger partial charge on any atom is 0.320 e. The van der Waals surface area contributed by atoms with Crippen molar-refractivity contribution in [1.29, 1.82) is 0 Å². The average molecular weight is 429 g/mol. The Labute approximate surface area is 182 Å². The summed E-state index contributed by atoms with van der Waals surface area (Å²) in [7, 11) is 0. The second-order valence-corrected chi connectivity index (χ2v) is 10.3. The summed E-state index contributed by atoms with van der Waals surface area (Å²) in [6, 6.07) is 1.90. The Hall–Kier alpha value is -2.12. The lowest BCUT2D eigenvalue weighted by atomic mass is 9.59. The molecule has 0 aromatic carbocycles. The minimum absolute atomic E-state index is 0.187. The second kappa shape index (κ2) is 7.24. The van der Waals surface area contributed by atoms with Gasteiger partial charge in [0.2, 0.25) is 0 Å². The predicted octanol–water partition coefficient (Wildman–Crippen LogP) is 3.83. The Morgan fingerprint density at radius 3 is 2.77 bits per heavy atom. The van der Waals surface area contributed by atoms with Crippen LogP contribution in [0.5, 0.6) is 0 Å². The highest BCUT2D eigenvalue weighted by atomic mass is 35.5. The summed E-state index contributed by atoms with van der Waals surface area (Å²) < 4.78 is 2.06. The van der Waals surface area contributed by atoms with Crippen molar-refractivity contribution in [3.8, 4) is 11.1 Å². The summed E-state index contributed by atoms with van der Waals surface area (Å²) >= 11 is 6.48.